The molecule has 3 heterocycles. The second-order valence-electron chi connectivity index (χ2n) is 6.44. The van der Waals surface area contributed by atoms with E-state index in [1.165, 1.54) is 11.3 Å². The molecule has 0 saturated carbocycles. The number of fused-ring (bicyclic) bond motifs is 1. The first-order valence-corrected chi connectivity index (χ1v) is 8.66. The summed E-state index contributed by atoms with van der Waals surface area (Å²) in [5.74, 6) is 0.321. The fourth-order valence-corrected chi connectivity index (χ4v) is 3.88. The van der Waals surface area contributed by atoms with Gasteiger partial charge < -0.3 is 19.5 Å². The van der Waals surface area contributed by atoms with Gasteiger partial charge >= 0.3 is 5.97 Å². The number of carbonyl (C=O) groups is 2. The molecule has 8 heteroatoms. The first-order chi connectivity index (χ1) is 12.0. The Morgan fingerprint density at radius 1 is 1.32 bits per heavy atom. The average Bonchev–Trinajstić information content (AvgIpc) is 3.33. The van der Waals surface area contributed by atoms with Crippen LogP contribution >= 0.6 is 11.3 Å². The largest absolute Gasteiger partial charge is 0.481 e. The number of rotatable bonds is 3. The van der Waals surface area contributed by atoms with E-state index in [9.17, 15) is 14.7 Å². The molecule has 1 aromatic carbocycles. The molecular weight excluding hydrogens is 344 g/mol. The topological polar surface area (TPSA) is 89.0 Å². The van der Waals surface area contributed by atoms with E-state index < -0.39 is 11.4 Å². The number of carboxylic acids is 1. The molecule has 1 aromatic heterocycles. The number of hydrogen-bond donors (Lipinski definition) is 1. The molecule has 1 amide bonds. The van der Waals surface area contributed by atoms with Crippen molar-refractivity contribution in [3.05, 3.63) is 29.3 Å². The Morgan fingerprint density at radius 3 is 2.88 bits per heavy atom. The zero-order chi connectivity index (χ0) is 17.6. The van der Waals surface area contributed by atoms with Crippen LogP contribution in [-0.2, 0) is 4.79 Å². The molecule has 1 atom stereocenters. The molecule has 25 heavy (non-hydrogen) atoms. The number of carboxylic acid groups (broad SMARTS) is 1. The zero-order valence-electron chi connectivity index (χ0n) is 13.5. The number of aromatic nitrogens is 1. The number of ether oxygens (including phenoxy) is 2. The predicted octanol–water partition coefficient (Wildman–Crippen LogP) is 2.48. The summed E-state index contributed by atoms with van der Waals surface area (Å²) in [5, 5.41) is 10.0. The molecule has 0 radical (unpaired) electrons. The third kappa shape index (κ3) is 2.72. The lowest BCUT2D eigenvalue weighted by atomic mass is 9.90. The van der Waals surface area contributed by atoms with Crippen molar-refractivity contribution in [3.63, 3.8) is 0 Å². The van der Waals surface area contributed by atoms with Crippen LogP contribution in [0.4, 0.5) is 0 Å². The van der Waals surface area contributed by atoms with Crippen molar-refractivity contribution in [1.29, 1.82) is 0 Å². The van der Waals surface area contributed by atoms with Crippen molar-refractivity contribution in [2.45, 2.75) is 13.3 Å². The summed E-state index contributed by atoms with van der Waals surface area (Å²) in [4.78, 5) is 30.4. The normalized spacial score (nSPS) is 21.6. The minimum absolute atomic E-state index is 0.172. The summed E-state index contributed by atoms with van der Waals surface area (Å²) >= 11 is 1.29. The van der Waals surface area contributed by atoms with Gasteiger partial charge in [0.05, 0.1) is 11.6 Å². The number of nitrogens with zero attached hydrogens (tertiary/aromatic N) is 2. The molecule has 0 unspecified atom stereocenters. The summed E-state index contributed by atoms with van der Waals surface area (Å²) in [6.07, 6.45) is 2.01. The van der Waals surface area contributed by atoms with Crippen molar-refractivity contribution in [3.8, 4) is 22.1 Å². The SMILES string of the molecule is C[C@]1(C(=O)O)CCN(C(=O)c2cnc(-c3ccc4c(c3)OCO4)s2)C1. The van der Waals surface area contributed by atoms with Crippen LogP contribution in [0.15, 0.2) is 24.4 Å². The van der Waals surface area contributed by atoms with Crippen LogP contribution < -0.4 is 9.47 Å². The van der Waals surface area contributed by atoms with Gasteiger partial charge in [-0.15, -0.1) is 11.3 Å². The van der Waals surface area contributed by atoms with Gasteiger partial charge in [0.2, 0.25) is 6.79 Å². The van der Waals surface area contributed by atoms with Gasteiger partial charge in [-0.25, -0.2) is 4.98 Å². The highest BCUT2D eigenvalue weighted by Crippen LogP contribution is 2.37. The second kappa shape index (κ2) is 5.73. The molecule has 4 rings (SSSR count). The quantitative estimate of drug-likeness (QED) is 0.904. The monoisotopic (exact) mass is 360 g/mol. The lowest BCUT2D eigenvalue weighted by molar-refractivity contribution is -0.147. The van der Waals surface area contributed by atoms with E-state index in [0.29, 0.717) is 34.3 Å². The Kier molecular flexibility index (Phi) is 3.64. The number of thiazole rings is 1. The number of amides is 1. The van der Waals surface area contributed by atoms with Crippen molar-refractivity contribution in [2.75, 3.05) is 19.9 Å². The standard InChI is InChI=1S/C17H16N2O5S/c1-17(16(21)22)4-5-19(8-17)15(20)13-7-18-14(25-13)10-2-3-11-12(6-10)24-9-23-11/h2-3,6-7H,4-5,8-9H2,1H3,(H,21,22)/t17-/m0/s1. The second-order valence-corrected chi connectivity index (χ2v) is 7.47. The number of benzene rings is 1. The third-order valence-corrected chi connectivity index (χ3v) is 5.65. The van der Waals surface area contributed by atoms with Crippen molar-refractivity contribution < 1.29 is 24.2 Å². The van der Waals surface area contributed by atoms with Crippen molar-refractivity contribution >= 4 is 23.2 Å². The van der Waals surface area contributed by atoms with Gasteiger partial charge in [-0.2, -0.15) is 0 Å². The van der Waals surface area contributed by atoms with Gasteiger partial charge in [-0.3, -0.25) is 9.59 Å². The molecule has 1 saturated heterocycles. The smallest absolute Gasteiger partial charge is 0.311 e. The fourth-order valence-electron chi connectivity index (χ4n) is 3.00. The minimum Gasteiger partial charge on any atom is -0.481 e. The minimum atomic E-state index is -0.875. The molecule has 7 nitrogen and oxygen atoms in total. The Bertz CT molecular complexity index is 864. The van der Waals surface area contributed by atoms with Crippen LogP contribution in [0, 0.1) is 5.41 Å². The first-order valence-electron chi connectivity index (χ1n) is 7.85. The van der Waals surface area contributed by atoms with Gasteiger partial charge in [0.15, 0.2) is 11.5 Å². The predicted molar refractivity (Wildman–Crippen MR) is 89.9 cm³/mol. The maximum atomic E-state index is 12.6. The highest BCUT2D eigenvalue weighted by molar-refractivity contribution is 7.16. The molecule has 0 bridgehead atoms. The summed E-state index contributed by atoms with van der Waals surface area (Å²) in [7, 11) is 0. The number of likely N-dealkylation sites (tertiary alicyclic amines) is 1. The average molecular weight is 360 g/mol. The Labute approximate surface area is 147 Å². The third-order valence-electron chi connectivity index (χ3n) is 4.61. The number of carbonyl (C=O) groups excluding carboxylic acids is 1. The van der Waals surface area contributed by atoms with Crippen molar-refractivity contribution in [2.24, 2.45) is 5.41 Å². The summed E-state index contributed by atoms with van der Waals surface area (Å²) in [5.41, 5.74) is -0.0226. The first kappa shape index (κ1) is 15.9. The molecule has 1 fully saturated rings. The van der Waals surface area contributed by atoms with E-state index in [4.69, 9.17) is 9.47 Å². The zero-order valence-corrected chi connectivity index (χ0v) is 14.3. The molecule has 1 N–H and O–H groups in total. The van der Waals surface area contributed by atoms with Crippen LogP contribution in [0.5, 0.6) is 11.5 Å². The van der Waals surface area contributed by atoms with Crippen LogP contribution in [0.3, 0.4) is 0 Å². The van der Waals surface area contributed by atoms with E-state index in [2.05, 4.69) is 4.98 Å². The highest BCUT2D eigenvalue weighted by atomic mass is 32.1. The lowest BCUT2D eigenvalue weighted by Crippen LogP contribution is -2.34. The van der Waals surface area contributed by atoms with Gasteiger partial charge in [0.1, 0.15) is 9.88 Å². The lowest BCUT2D eigenvalue weighted by Gasteiger charge is -2.19. The van der Waals surface area contributed by atoms with Crippen molar-refractivity contribution in [1.82, 2.24) is 9.88 Å². The number of hydrogen-bond acceptors (Lipinski definition) is 6. The van der Waals surface area contributed by atoms with Crippen LogP contribution in [0.1, 0.15) is 23.0 Å². The van der Waals surface area contributed by atoms with Crippen LogP contribution in [0.25, 0.3) is 10.6 Å². The molecule has 0 aliphatic carbocycles. The Hall–Kier alpha value is -2.61. The molecule has 2 aliphatic rings. The summed E-state index contributed by atoms with van der Waals surface area (Å²) < 4.78 is 10.7. The Balaban J connectivity index is 1.53. The van der Waals surface area contributed by atoms with E-state index in [0.717, 1.165) is 5.56 Å². The Morgan fingerprint density at radius 2 is 2.12 bits per heavy atom. The maximum Gasteiger partial charge on any atom is 0.311 e. The molecule has 0 spiro atoms. The van der Waals surface area contributed by atoms with Crippen LogP contribution in [-0.4, -0.2) is 46.7 Å². The summed E-state index contributed by atoms with van der Waals surface area (Å²) in [6.45, 7) is 2.54. The number of aliphatic carboxylic acids is 1. The molecule has 2 aromatic rings. The fraction of sp³-hybridized carbons (Fsp3) is 0.353. The van der Waals surface area contributed by atoms with E-state index in [1.54, 1.807) is 18.0 Å². The van der Waals surface area contributed by atoms with E-state index in [-0.39, 0.29) is 19.2 Å². The van der Waals surface area contributed by atoms with E-state index >= 15 is 0 Å². The van der Waals surface area contributed by atoms with Gasteiger partial charge in [0.25, 0.3) is 5.91 Å². The van der Waals surface area contributed by atoms with Gasteiger partial charge in [-0.05, 0) is 31.5 Å². The summed E-state index contributed by atoms with van der Waals surface area (Å²) in [6, 6.07) is 5.53. The molecular formula is C17H16N2O5S. The molecule has 130 valence electrons. The van der Waals surface area contributed by atoms with Gasteiger partial charge in [-0.1, -0.05) is 0 Å². The van der Waals surface area contributed by atoms with Crippen LogP contribution in [0.2, 0.25) is 0 Å². The molecule has 2 aliphatic heterocycles. The maximum absolute atomic E-state index is 12.6. The van der Waals surface area contributed by atoms with Gasteiger partial charge in [0, 0.05) is 18.7 Å². The highest BCUT2D eigenvalue weighted by Gasteiger charge is 2.42. The van der Waals surface area contributed by atoms with E-state index in [1.807, 2.05) is 18.2 Å².